The summed E-state index contributed by atoms with van der Waals surface area (Å²) in [6.07, 6.45) is 6.62. The molecule has 3 heteroatoms. The molecule has 0 aliphatic heterocycles. The summed E-state index contributed by atoms with van der Waals surface area (Å²) >= 11 is 12.2. The van der Waals surface area contributed by atoms with Gasteiger partial charge in [0, 0.05) is 29.4 Å². The Morgan fingerprint density at radius 1 is 1.24 bits per heavy atom. The largest absolute Gasteiger partial charge is 0.371 e. The fraction of sp³-hybridized carbons (Fsp3) is 0.571. The van der Waals surface area contributed by atoms with Gasteiger partial charge >= 0.3 is 0 Å². The van der Waals surface area contributed by atoms with Gasteiger partial charge in [0.2, 0.25) is 0 Å². The predicted molar refractivity (Wildman–Crippen MR) is 76.3 cm³/mol. The second-order valence-electron chi connectivity index (χ2n) is 4.77. The van der Waals surface area contributed by atoms with E-state index in [-0.39, 0.29) is 0 Å². The van der Waals surface area contributed by atoms with E-state index in [0.717, 1.165) is 10.6 Å². The minimum atomic E-state index is 0.478. The monoisotopic (exact) mass is 271 g/mol. The van der Waals surface area contributed by atoms with Gasteiger partial charge in [-0.25, -0.2) is 0 Å². The van der Waals surface area contributed by atoms with Crippen LogP contribution in [-0.2, 0) is 5.88 Å². The van der Waals surface area contributed by atoms with Gasteiger partial charge in [-0.3, -0.25) is 0 Å². The third-order valence-electron chi connectivity index (χ3n) is 3.73. The molecule has 94 valence electrons. The van der Waals surface area contributed by atoms with Gasteiger partial charge < -0.3 is 4.90 Å². The molecule has 0 heterocycles. The summed E-state index contributed by atoms with van der Waals surface area (Å²) in [5.41, 5.74) is 2.25. The maximum absolute atomic E-state index is 6.20. The smallest absolute Gasteiger partial charge is 0.0509 e. The maximum Gasteiger partial charge on any atom is 0.0509 e. The van der Waals surface area contributed by atoms with Crippen LogP contribution in [-0.4, -0.2) is 13.1 Å². The summed E-state index contributed by atoms with van der Waals surface area (Å²) < 4.78 is 0. The average molecular weight is 272 g/mol. The minimum Gasteiger partial charge on any atom is -0.371 e. The van der Waals surface area contributed by atoms with Gasteiger partial charge in [0.25, 0.3) is 0 Å². The summed E-state index contributed by atoms with van der Waals surface area (Å²) in [4.78, 5) is 2.36. The van der Waals surface area contributed by atoms with Crippen molar-refractivity contribution in [1.82, 2.24) is 0 Å². The van der Waals surface area contributed by atoms with E-state index in [2.05, 4.69) is 18.0 Å². The second-order valence-corrected chi connectivity index (χ2v) is 5.45. The SMILES string of the molecule is CN(c1cccc(Cl)c1CCl)C1CCCCC1. The number of alkyl halides is 1. The Hall–Kier alpha value is -0.400. The standard InChI is InChI=1S/C14H19Cl2N/c1-17(11-6-3-2-4-7-11)14-9-5-8-13(16)12(14)10-15/h5,8-9,11H,2-4,6-7,10H2,1H3. The van der Waals surface area contributed by atoms with E-state index in [4.69, 9.17) is 23.2 Å². The highest BCUT2D eigenvalue weighted by Gasteiger charge is 2.20. The van der Waals surface area contributed by atoms with Crippen LogP contribution in [0.1, 0.15) is 37.7 Å². The average Bonchev–Trinajstić information content (AvgIpc) is 2.38. The van der Waals surface area contributed by atoms with Crippen LogP contribution in [0.2, 0.25) is 5.02 Å². The highest BCUT2D eigenvalue weighted by molar-refractivity contribution is 6.32. The molecular weight excluding hydrogens is 253 g/mol. The summed E-state index contributed by atoms with van der Waals surface area (Å²) in [6, 6.07) is 6.69. The molecule has 1 saturated carbocycles. The Balaban J connectivity index is 2.23. The number of hydrogen-bond acceptors (Lipinski definition) is 1. The Kier molecular flexibility index (Phi) is 4.58. The topological polar surface area (TPSA) is 3.24 Å². The first kappa shape index (κ1) is 13.0. The van der Waals surface area contributed by atoms with Crippen LogP contribution < -0.4 is 4.90 Å². The summed E-state index contributed by atoms with van der Waals surface area (Å²) in [5.74, 6) is 0.478. The molecule has 0 bridgehead atoms. The highest BCUT2D eigenvalue weighted by Crippen LogP contribution is 2.32. The fourth-order valence-corrected chi connectivity index (χ4v) is 3.26. The summed E-state index contributed by atoms with van der Waals surface area (Å²) in [6.45, 7) is 0. The van der Waals surface area contributed by atoms with E-state index < -0.39 is 0 Å². The molecule has 0 atom stereocenters. The zero-order valence-electron chi connectivity index (χ0n) is 10.3. The third-order valence-corrected chi connectivity index (χ3v) is 4.35. The van der Waals surface area contributed by atoms with E-state index in [1.807, 2.05) is 12.1 Å². The third kappa shape index (κ3) is 2.89. The number of hydrogen-bond donors (Lipinski definition) is 0. The van der Waals surface area contributed by atoms with Crippen LogP contribution in [0.3, 0.4) is 0 Å². The van der Waals surface area contributed by atoms with E-state index >= 15 is 0 Å². The van der Waals surface area contributed by atoms with Gasteiger partial charge in [-0.15, -0.1) is 11.6 Å². The van der Waals surface area contributed by atoms with Gasteiger partial charge in [0.05, 0.1) is 5.88 Å². The van der Waals surface area contributed by atoms with E-state index in [9.17, 15) is 0 Å². The van der Waals surface area contributed by atoms with Gasteiger partial charge in [0.15, 0.2) is 0 Å². The molecule has 1 aliphatic carbocycles. The molecule has 0 radical (unpaired) electrons. The predicted octanol–water partition coefficient (Wildman–Crippen LogP) is 4.85. The Morgan fingerprint density at radius 2 is 1.94 bits per heavy atom. The van der Waals surface area contributed by atoms with Crippen LogP contribution >= 0.6 is 23.2 Å². The second kappa shape index (κ2) is 5.97. The molecule has 2 rings (SSSR count). The van der Waals surface area contributed by atoms with E-state index in [0.29, 0.717) is 11.9 Å². The molecule has 1 aromatic rings. The Bertz CT molecular complexity index is 372. The van der Waals surface area contributed by atoms with Gasteiger partial charge in [0.1, 0.15) is 0 Å². The van der Waals surface area contributed by atoms with Crippen molar-refractivity contribution in [3.63, 3.8) is 0 Å². The first-order chi connectivity index (χ1) is 8.24. The lowest BCUT2D eigenvalue weighted by Crippen LogP contribution is -2.33. The van der Waals surface area contributed by atoms with Gasteiger partial charge in [-0.05, 0) is 25.0 Å². The number of rotatable bonds is 3. The molecule has 0 aromatic heterocycles. The van der Waals surface area contributed by atoms with Crippen LogP contribution in [0.25, 0.3) is 0 Å². The van der Waals surface area contributed by atoms with E-state index in [1.54, 1.807) is 0 Å². The number of nitrogens with zero attached hydrogens (tertiary/aromatic N) is 1. The molecule has 1 aliphatic rings. The van der Waals surface area contributed by atoms with Crippen molar-refractivity contribution in [2.75, 3.05) is 11.9 Å². The molecule has 0 saturated heterocycles. The normalized spacial score (nSPS) is 17.1. The fourth-order valence-electron chi connectivity index (χ4n) is 2.68. The minimum absolute atomic E-state index is 0.478. The molecule has 1 aromatic carbocycles. The van der Waals surface area contributed by atoms with Crippen LogP contribution in [0.15, 0.2) is 18.2 Å². The lowest BCUT2D eigenvalue weighted by atomic mass is 9.94. The quantitative estimate of drug-likeness (QED) is 0.711. The zero-order chi connectivity index (χ0) is 12.3. The first-order valence-corrected chi connectivity index (χ1v) is 7.21. The first-order valence-electron chi connectivity index (χ1n) is 6.30. The number of halogens is 2. The molecule has 0 amide bonds. The van der Waals surface area contributed by atoms with Crippen molar-refractivity contribution in [2.24, 2.45) is 0 Å². The summed E-state index contributed by atoms with van der Waals surface area (Å²) in [7, 11) is 2.16. The van der Waals surface area contributed by atoms with Crippen molar-refractivity contribution in [2.45, 2.75) is 44.0 Å². The van der Waals surface area contributed by atoms with Gasteiger partial charge in [-0.1, -0.05) is 36.9 Å². The molecule has 1 fully saturated rings. The molecule has 0 unspecified atom stereocenters. The van der Waals surface area contributed by atoms with Crippen molar-refractivity contribution in [3.8, 4) is 0 Å². The summed E-state index contributed by atoms with van der Waals surface area (Å²) in [5, 5.41) is 0.778. The molecule has 17 heavy (non-hydrogen) atoms. The molecular formula is C14H19Cl2N. The Labute approximate surface area is 114 Å². The van der Waals surface area contributed by atoms with Crippen molar-refractivity contribution >= 4 is 28.9 Å². The molecule has 1 nitrogen and oxygen atoms in total. The lowest BCUT2D eigenvalue weighted by molar-refractivity contribution is 0.427. The van der Waals surface area contributed by atoms with Crippen LogP contribution in [0.4, 0.5) is 5.69 Å². The van der Waals surface area contributed by atoms with Gasteiger partial charge in [-0.2, -0.15) is 0 Å². The van der Waals surface area contributed by atoms with Crippen molar-refractivity contribution in [1.29, 1.82) is 0 Å². The number of benzene rings is 1. The van der Waals surface area contributed by atoms with Crippen molar-refractivity contribution in [3.05, 3.63) is 28.8 Å². The van der Waals surface area contributed by atoms with Crippen LogP contribution in [0.5, 0.6) is 0 Å². The van der Waals surface area contributed by atoms with Crippen molar-refractivity contribution < 1.29 is 0 Å². The maximum atomic E-state index is 6.20. The Morgan fingerprint density at radius 3 is 2.59 bits per heavy atom. The van der Waals surface area contributed by atoms with E-state index in [1.165, 1.54) is 37.8 Å². The lowest BCUT2D eigenvalue weighted by Gasteiger charge is -2.34. The number of anilines is 1. The zero-order valence-corrected chi connectivity index (χ0v) is 11.8. The van der Waals surface area contributed by atoms with Crippen LogP contribution in [0, 0.1) is 0 Å². The highest BCUT2D eigenvalue weighted by atomic mass is 35.5. The molecule has 0 spiro atoms. The molecule has 0 N–H and O–H groups in total.